The van der Waals surface area contributed by atoms with Gasteiger partial charge in [0.25, 0.3) is 0 Å². The number of hydrogen-bond acceptors (Lipinski definition) is 5. The number of methoxy groups -OCH3 is 1. The van der Waals surface area contributed by atoms with Gasteiger partial charge in [-0.05, 0) is 12.1 Å². The summed E-state index contributed by atoms with van der Waals surface area (Å²) < 4.78 is 42.5. The van der Waals surface area contributed by atoms with Gasteiger partial charge in [0.05, 0.1) is 13.4 Å². The first-order chi connectivity index (χ1) is 11.0. The number of anilines is 1. The Labute approximate surface area is 128 Å². The van der Waals surface area contributed by atoms with Crippen LogP contribution < -0.4 is 10.1 Å². The molecule has 0 spiro atoms. The van der Waals surface area contributed by atoms with Crippen LogP contribution in [-0.4, -0.2) is 39.8 Å². The zero-order valence-corrected chi connectivity index (χ0v) is 12.0. The van der Waals surface area contributed by atoms with Gasteiger partial charge >= 0.3 is 6.18 Å². The largest absolute Gasteiger partial charge is 0.497 e. The number of nitrogens with one attached hydrogen (secondary N) is 2. The SMILES string of the molecule is COc1cccc(-c2nc(NCC(F)(F)F)c3[nH]cnc3n2)c1. The number of hydrogen-bond donors (Lipinski definition) is 2. The minimum Gasteiger partial charge on any atom is -0.497 e. The molecule has 23 heavy (non-hydrogen) atoms. The molecular formula is C14H12F3N5O. The third-order valence-corrected chi connectivity index (χ3v) is 3.07. The van der Waals surface area contributed by atoms with Gasteiger partial charge in [-0.25, -0.2) is 15.0 Å². The molecule has 0 unspecified atom stereocenters. The maximum atomic E-state index is 12.4. The van der Waals surface area contributed by atoms with E-state index in [4.69, 9.17) is 4.74 Å². The summed E-state index contributed by atoms with van der Waals surface area (Å²) in [4.78, 5) is 15.2. The number of alkyl halides is 3. The van der Waals surface area contributed by atoms with Crippen LogP contribution >= 0.6 is 0 Å². The number of imidazole rings is 1. The van der Waals surface area contributed by atoms with E-state index in [0.29, 0.717) is 16.8 Å². The molecule has 2 heterocycles. The Morgan fingerprint density at radius 2 is 2.09 bits per heavy atom. The van der Waals surface area contributed by atoms with Gasteiger partial charge in [-0.15, -0.1) is 0 Å². The van der Waals surface area contributed by atoms with Gasteiger partial charge in [0.15, 0.2) is 17.3 Å². The number of aromatic nitrogens is 4. The summed E-state index contributed by atoms with van der Waals surface area (Å²) in [7, 11) is 1.52. The molecule has 0 aliphatic heterocycles. The van der Waals surface area contributed by atoms with Crippen molar-refractivity contribution in [2.75, 3.05) is 19.0 Å². The number of benzene rings is 1. The molecule has 3 rings (SSSR count). The Morgan fingerprint density at radius 1 is 1.26 bits per heavy atom. The maximum Gasteiger partial charge on any atom is 0.405 e. The first kappa shape index (κ1) is 15.1. The highest BCUT2D eigenvalue weighted by Crippen LogP contribution is 2.26. The van der Waals surface area contributed by atoms with Gasteiger partial charge in [-0.3, -0.25) is 0 Å². The topological polar surface area (TPSA) is 75.7 Å². The van der Waals surface area contributed by atoms with Crippen LogP contribution in [0.5, 0.6) is 5.75 Å². The first-order valence-electron chi connectivity index (χ1n) is 6.62. The monoisotopic (exact) mass is 323 g/mol. The fourth-order valence-corrected chi connectivity index (χ4v) is 2.04. The Morgan fingerprint density at radius 3 is 2.83 bits per heavy atom. The smallest absolute Gasteiger partial charge is 0.405 e. The molecule has 0 radical (unpaired) electrons. The van der Waals surface area contributed by atoms with Gasteiger partial charge in [-0.2, -0.15) is 13.2 Å². The molecule has 2 aromatic heterocycles. The minimum atomic E-state index is -4.35. The molecule has 1 aromatic carbocycles. The molecule has 3 aromatic rings. The zero-order valence-electron chi connectivity index (χ0n) is 12.0. The highest BCUT2D eigenvalue weighted by Gasteiger charge is 2.27. The van der Waals surface area contributed by atoms with Gasteiger partial charge in [0, 0.05) is 5.56 Å². The van der Waals surface area contributed by atoms with Crippen LogP contribution in [0, 0.1) is 0 Å². The second-order valence-electron chi connectivity index (χ2n) is 4.70. The van der Waals surface area contributed by atoms with Crippen molar-refractivity contribution in [3.63, 3.8) is 0 Å². The normalized spacial score (nSPS) is 11.7. The molecular weight excluding hydrogens is 311 g/mol. The summed E-state index contributed by atoms with van der Waals surface area (Å²) >= 11 is 0. The van der Waals surface area contributed by atoms with Crippen molar-refractivity contribution in [1.29, 1.82) is 0 Å². The van der Waals surface area contributed by atoms with E-state index in [2.05, 4.69) is 25.3 Å². The van der Waals surface area contributed by atoms with Crippen LogP contribution in [0.4, 0.5) is 19.0 Å². The van der Waals surface area contributed by atoms with Crippen LogP contribution in [0.3, 0.4) is 0 Å². The van der Waals surface area contributed by atoms with Crippen molar-refractivity contribution < 1.29 is 17.9 Å². The van der Waals surface area contributed by atoms with Crippen LogP contribution in [0.25, 0.3) is 22.6 Å². The Balaban J connectivity index is 2.04. The zero-order chi connectivity index (χ0) is 16.4. The third-order valence-electron chi connectivity index (χ3n) is 3.07. The Kier molecular flexibility index (Phi) is 3.77. The lowest BCUT2D eigenvalue weighted by molar-refractivity contribution is -0.115. The predicted molar refractivity (Wildman–Crippen MR) is 78.2 cm³/mol. The molecule has 0 saturated heterocycles. The lowest BCUT2D eigenvalue weighted by atomic mass is 10.2. The number of H-pyrrole nitrogens is 1. The van der Waals surface area contributed by atoms with E-state index >= 15 is 0 Å². The van der Waals surface area contributed by atoms with Crippen LogP contribution in [0.2, 0.25) is 0 Å². The van der Waals surface area contributed by atoms with Gasteiger partial charge in [0.2, 0.25) is 0 Å². The molecule has 6 nitrogen and oxygen atoms in total. The standard InChI is InChI=1S/C14H12F3N5O/c1-23-9-4-2-3-8(5-9)11-21-12(18-6-14(15,16)17)10-13(22-11)20-7-19-10/h2-5,7H,6H2,1H3,(H2,18,19,20,21,22). The average molecular weight is 323 g/mol. The minimum absolute atomic E-state index is 0.0441. The number of aromatic amines is 1. The van der Waals surface area contributed by atoms with E-state index in [0.717, 1.165) is 0 Å². The number of fused-ring (bicyclic) bond motifs is 1. The molecule has 0 atom stereocenters. The van der Waals surface area contributed by atoms with E-state index in [1.807, 2.05) is 0 Å². The molecule has 0 bridgehead atoms. The second-order valence-corrected chi connectivity index (χ2v) is 4.70. The van der Waals surface area contributed by atoms with Crippen LogP contribution in [-0.2, 0) is 0 Å². The molecule has 120 valence electrons. The van der Waals surface area contributed by atoms with Crippen LogP contribution in [0.15, 0.2) is 30.6 Å². The Bertz CT molecular complexity index is 831. The summed E-state index contributed by atoms with van der Waals surface area (Å²) in [6.07, 6.45) is -3.00. The summed E-state index contributed by atoms with van der Waals surface area (Å²) in [5, 5.41) is 2.27. The fraction of sp³-hybridized carbons (Fsp3) is 0.214. The molecule has 0 aliphatic rings. The molecule has 0 amide bonds. The molecule has 0 saturated carbocycles. The first-order valence-corrected chi connectivity index (χ1v) is 6.62. The molecule has 0 aliphatic carbocycles. The third kappa shape index (κ3) is 3.33. The second kappa shape index (κ2) is 5.75. The van der Waals surface area contributed by atoms with Crippen molar-refractivity contribution in [3.05, 3.63) is 30.6 Å². The van der Waals surface area contributed by atoms with Crippen molar-refractivity contribution in [2.45, 2.75) is 6.18 Å². The van der Waals surface area contributed by atoms with Gasteiger partial charge < -0.3 is 15.0 Å². The quantitative estimate of drug-likeness (QED) is 0.772. The van der Waals surface area contributed by atoms with Crippen molar-refractivity contribution in [2.24, 2.45) is 0 Å². The lowest BCUT2D eigenvalue weighted by Gasteiger charge is -2.11. The summed E-state index contributed by atoms with van der Waals surface area (Å²) in [5.41, 5.74) is 1.22. The van der Waals surface area contributed by atoms with Crippen molar-refractivity contribution in [3.8, 4) is 17.1 Å². The lowest BCUT2D eigenvalue weighted by Crippen LogP contribution is -2.22. The van der Waals surface area contributed by atoms with E-state index in [1.165, 1.54) is 13.4 Å². The number of nitrogens with zero attached hydrogens (tertiary/aromatic N) is 3. The Hall–Kier alpha value is -2.84. The van der Waals surface area contributed by atoms with Crippen LogP contribution in [0.1, 0.15) is 0 Å². The average Bonchev–Trinajstić information content (AvgIpc) is 3.00. The molecule has 0 fully saturated rings. The fourth-order valence-electron chi connectivity index (χ4n) is 2.04. The predicted octanol–water partition coefficient (Wildman–Crippen LogP) is 3.00. The molecule has 9 heteroatoms. The summed E-state index contributed by atoms with van der Waals surface area (Å²) in [6.45, 7) is -1.20. The maximum absolute atomic E-state index is 12.4. The van der Waals surface area contributed by atoms with Gasteiger partial charge in [0.1, 0.15) is 17.8 Å². The summed E-state index contributed by atoms with van der Waals surface area (Å²) in [6, 6.07) is 6.93. The number of rotatable bonds is 4. The van der Waals surface area contributed by atoms with E-state index < -0.39 is 12.7 Å². The summed E-state index contributed by atoms with van der Waals surface area (Å²) in [5.74, 6) is 0.897. The van der Waals surface area contributed by atoms with E-state index in [9.17, 15) is 13.2 Å². The van der Waals surface area contributed by atoms with Gasteiger partial charge in [-0.1, -0.05) is 12.1 Å². The molecule has 2 N–H and O–H groups in total. The van der Waals surface area contributed by atoms with Crippen molar-refractivity contribution >= 4 is 17.0 Å². The van der Waals surface area contributed by atoms with E-state index in [-0.39, 0.29) is 17.3 Å². The highest BCUT2D eigenvalue weighted by molar-refractivity contribution is 5.84. The number of ether oxygens (including phenoxy) is 1. The number of halogens is 3. The van der Waals surface area contributed by atoms with Crippen molar-refractivity contribution in [1.82, 2.24) is 19.9 Å². The van der Waals surface area contributed by atoms with E-state index in [1.54, 1.807) is 24.3 Å². The highest BCUT2D eigenvalue weighted by atomic mass is 19.4.